The number of carbonyl (C=O) groups is 4. The Labute approximate surface area is 196 Å². The molecule has 0 saturated carbocycles. The quantitative estimate of drug-likeness (QED) is 0.416. The number of benzene rings is 1. The molecule has 1 fully saturated rings. The van der Waals surface area contributed by atoms with Gasteiger partial charge in [0.25, 0.3) is 0 Å². The third kappa shape index (κ3) is 9.24. The molecule has 0 unspecified atom stereocenters. The van der Waals surface area contributed by atoms with Gasteiger partial charge in [-0.05, 0) is 51.0 Å². The van der Waals surface area contributed by atoms with Gasteiger partial charge in [-0.15, -0.1) is 0 Å². The maximum absolute atomic E-state index is 12.9. The normalized spacial score (nSPS) is 17.7. The monoisotopic (exact) mass is 459 g/mol. The van der Waals surface area contributed by atoms with Crippen molar-refractivity contribution in [3.8, 4) is 0 Å². The topological polar surface area (TPSA) is 114 Å². The lowest BCUT2D eigenvalue weighted by Crippen LogP contribution is -2.51. The largest absolute Gasteiger partial charge is 0.443 e. The molecule has 3 N–H and O–H groups in total. The molecule has 0 radical (unpaired) electrons. The molecular weight excluding hydrogens is 422 g/mol. The summed E-state index contributed by atoms with van der Waals surface area (Å²) in [5, 5.41) is 8.15. The molecule has 8 nitrogen and oxygen atoms in total. The summed E-state index contributed by atoms with van der Waals surface area (Å²) in [5.74, 6) is -0.438. The second-order valence-corrected chi connectivity index (χ2v) is 9.74. The molecule has 1 aliphatic rings. The molecule has 0 spiro atoms. The molecule has 0 aromatic heterocycles. The number of amides is 3. The van der Waals surface area contributed by atoms with E-state index >= 15 is 0 Å². The van der Waals surface area contributed by atoms with Crippen molar-refractivity contribution in [1.29, 1.82) is 0 Å². The van der Waals surface area contributed by atoms with Crippen molar-refractivity contribution >= 4 is 24.2 Å². The molecule has 33 heavy (non-hydrogen) atoms. The van der Waals surface area contributed by atoms with Gasteiger partial charge in [0.05, 0.1) is 6.04 Å². The second kappa shape index (κ2) is 12.4. The molecule has 1 heterocycles. The summed E-state index contributed by atoms with van der Waals surface area (Å²) in [7, 11) is 0. The van der Waals surface area contributed by atoms with Crippen LogP contribution in [0.2, 0.25) is 0 Å². The fourth-order valence-corrected chi connectivity index (χ4v) is 4.01. The van der Waals surface area contributed by atoms with Gasteiger partial charge in [0, 0.05) is 18.9 Å². The number of hydrogen-bond acceptors (Lipinski definition) is 5. The third-order valence-electron chi connectivity index (χ3n) is 5.64. The van der Waals surface area contributed by atoms with Crippen molar-refractivity contribution < 1.29 is 23.9 Å². The number of alkyl carbamates (subject to hydrolysis) is 1. The first-order valence-corrected chi connectivity index (χ1v) is 11.7. The Morgan fingerprint density at radius 1 is 1.21 bits per heavy atom. The van der Waals surface area contributed by atoms with Crippen LogP contribution >= 0.6 is 0 Å². The minimum absolute atomic E-state index is 0.00816. The van der Waals surface area contributed by atoms with Crippen LogP contribution in [0.25, 0.3) is 0 Å². The Morgan fingerprint density at radius 2 is 1.91 bits per heavy atom. The van der Waals surface area contributed by atoms with E-state index in [0.717, 1.165) is 12.0 Å². The molecule has 1 aromatic rings. The van der Waals surface area contributed by atoms with E-state index in [4.69, 9.17) is 4.74 Å². The van der Waals surface area contributed by atoms with Gasteiger partial charge >= 0.3 is 6.09 Å². The summed E-state index contributed by atoms with van der Waals surface area (Å²) in [5.41, 5.74) is 0.272. The van der Waals surface area contributed by atoms with Gasteiger partial charge in [-0.2, -0.15) is 0 Å². The van der Waals surface area contributed by atoms with E-state index < -0.39 is 29.7 Å². The van der Waals surface area contributed by atoms with Gasteiger partial charge in [-0.3, -0.25) is 9.59 Å². The molecule has 1 aromatic carbocycles. The highest BCUT2D eigenvalue weighted by Crippen LogP contribution is 2.18. The lowest BCUT2D eigenvalue weighted by molar-refractivity contribution is -0.126. The molecule has 0 bridgehead atoms. The summed E-state index contributed by atoms with van der Waals surface area (Å²) in [6, 6.07) is 8.16. The number of aldehydes is 1. The van der Waals surface area contributed by atoms with E-state index in [1.54, 1.807) is 0 Å². The fraction of sp³-hybridized carbons (Fsp3) is 0.600. The molecule has 3 amide bonds. The number of ether oxygens (including phenoxy) is 1. The summed E-state index contributed by atoms with van der Waals surface area (Å²) < 4.78 is 5.62. The fourth-order valence-electron chi connectivity index (χ4n) is 4.01. The average Bonchev–Trinajstić information content (AvgIpc) is 3.14. The third-order valence-corrected chi connectivity index (χ3v) is 5.64. The molecular formula is C25H37N3O5. The maximum atomic E-state index is 12.9. The Morgan fingerprint density at radius 3 is 2.48 bits per heavy atom. The first-order valence-electron chi connectivity index (χ1n) is 11.7. The molecule has 0 aliphatic carbocycles. The highest BCUT2D eigenvalue weighted by atomic mass is 16.6. The van der Waals surface area contributed by atoms with E-state index in [0.29, 0.717) is 38.5 Å². The first-order chi connectivity index (χ1) is 15.6. The van der Waals surface area contributed by atoms with E-state index in [1.807, 2.05) is 58.0 Å². The van der Waals surface area contributed by atoms with Gasteiger partial charge in [-0.1, -0.05) is 44.2 Å². The number of carbonyl (C=O) groups excluding carboxylic acids is 4. The van der Waals surface area contributed by atoms with E-state index in [-0.39, 0.29) is 17.7 Å². The summed E-state index contributed by atoms with van der Waals surface area (Å²) in [6.07, 6.45) is 2.56. The highest BCUT2D eigenvalue weighted by Gasteiger charge is 2.30. The zero-order valence-corrected chi connectivity index (χ0v) is 20.1. The van der Waals surface area contributed by atoms with Gasteiger partial charge in [-0.25, -0.2) is 4.79 Å². The average molecular weight is 460 g/mol. The standard InChI is InChI=1S/C25H37N3O5/c1-17(2)14-21(23(31)27-20(16-29)11-10-19-12-13-26-22(19)30)28-24(32)33-25(3,4)15-18-8-6-5-7-9-18/h5-9,16-17,19-21H,10-15H2,1-4H3,(H,26,30)(H,27,31)(H,28,32)/t19-,20+,21+/m1/s1. The van der Waals surface area contributed by atoms with Crippen molar-refractivity contribution in [2.45, 2.75) is 77.5 Å². The molecule has 1 aliphatic heterocycles. The highest BCUT2D eigenvalue weighted by molar-refractivity contribution is 5.87. The van der Waals surface area contributed by atoms with Gasteiger partial charge in [0.2, 0.25) is 11.8 Å². The van der Waals surface area contributed by atoms with Crippen LogP contribution in [0.3, 0.4) is 0 Å². The van der Waals surface area contributed by atoms with Crippen LogP contribution in [0, 0.1) is 11.8 Å². The predicted octanol–water partition coefficient (Wildman–Crippen LogP) is 2.75. The van der Waals surface area contributed by atoms with Gasteiger partial charge in [0.15, 0.2) is 0 Å². The Balaban J connectivity index is 1.92. The second-order valence-electron chi connectivity index (χ2n) is 9.74. The summed E-state index contributed by atoms with van der Waals surface area (Å²) in [6.45, 7) is 8.17. The Hall–Kier alpha value is -2.90. The Kier molecular flexibility index (Phi) is 9.88. The van der Waals surface area contributed by atoms with Crippen LogP contribution in [0.5, 0.6) is 0 Å². The van der Waals surface area contributed by atoms with Crippen LogP contribution in [-0.2, 0) is 25.5 Å². The maximum Gasteiger partial charge on any atom is 0.408 e. The van der Waals surface area contributed by atoms with Gasteiger partial charge in [0.1, 0.15) is 17.9 Å². The van der Waals surface area contributed by atoms with Crippen LogP contribution in [0.15, 0.2) is 30.3 Å². The van der Waals surface area contributed by atoms with E-state index in [2.05, 4.69) is 16.0 Å². The molecule has 3 atom stereocenters. The van der Waals surface area contributed by atoms with Crippen molar-refractivity contribution in [1.82, 2.24) is 16.0 Å². The zero-order valence-electron chi connectivity index (χ0n) is 20.1. The SMILES string of the molecule is CC(C)C[C@H](NC(=O)OC(C)(C)Cc1ccccc1)C(=O)N[C@H](C=O)CC[C@@H]1CCNC1=O. The Bertz CT molecular complexity index is 810. The van der Waals surface area contributed by atoms with Crippen LogP contribution in [0.4, 0.5) is 4.79 Å². The molecule has 2 rings (SSSR count). The van der Waals surface area contributed by atoms with Crippen LogP contribution in [-0.4, -0.2) is 48.4 Å². The number of nitrogens with one attached hydrogen (secondary N) is 3. The van der Waals surface area contributed by atoms with Crippen molar-refractivity contribution in [3.63, 3.8) is 0 Å². The first kappa shape index (κ1) is 26.4. The lowest BCUT2D eigenvalue weighted by atomic mass is 9.98. The number of rotatable bonds is 12. The van der Waals surface area contributed by atoms with Crippen LogP contribution < -0.4 is 16.0 Å². The molecule has 182 valence electrons. The van der Waals surface area contributed by atoms with E-state index in [1.165, 1.54) is 0 Å². The predicted molar refractivity (Wildman–Crippen MR) is 125 cm³/mol. The van der Waals surface area contributed by atoms with Crippen molar-refractivity contribution in [3.05, 3.63) is 35.9 Å². The summed E-state index contributed by atoms with van der Waals surface area (Å²) >= 11 is 0. The molecule has 8 heteroatoms. The number of hydrogen-bond donors (Lipinski definition) is 3. The van der Waals surface area contributed by atoms with Gasteiger partial charge < -0.3 is 25.5 Å². The smallest absolute Gasteiger partial charge is 0.408 e. The van der Waals surface area contributed by atoms with Crippen LogP contribution in [0.1, 0.15) is 58.9 Å². The minimum atomic E-state index is -0.831. The lowest BCUT2D eigenvalue weighted by Gasteiger charge is -2.28. The summed E-state index contributed by atoms with van der Waals surface area (Å²) in [4.78, 5) is 48.7. The molecule has 1 saturated heterocycles. The minimum Gasteiger partial charge on any atom is -0.443 e. The zero-order chi connectivity index (χ0) is 24.4. The van der Waals surface area contributed by atoms with Crippen molar-refractivity contribution in [2.75, 3.05) is 6.54 Å². The van der Waals surface area contributed by atoms with E-state index in [9.17, 15) is 19.2 Å². The van der Waals surface area contributed by atoms with Crippen molar-refractivity contribution in [2.24, 2.45) is 11.8 Å².